The molecule has 0 aliphatic heterocycles. The molecule has 15 heavy (non-hydrogen) atoms. The van der Waals surface area contributed by atoms with Crippen LogP contribution in [0.1, 0.15) is 19.1 Å². The Kier molecular flexibility index (Phi) is 3.07. The van der Waals surface area contributed by atoms with E-state index in [1.165, 1.54) is 0 Å². The van der Waals surface area contributed by atoms with Gasteiger partial charge in [-0.05, 0) is 18.6 Å². The zero-order valence-corrected chi connectivity index (χ0v) is 8.81. The number of rotatable bonds is 5. The van der Waals surface area contributed by atoms with Gasteiger partial charge in [-0.1, -0.05) is 6.92 Å². The van der Waals surface area contributed by atoms with Crippen LogP contribution >= 0.6 is 0 Å². The number of aryl methyl sites for hydroxylation is 1. The number of hydrogen-bond acceptors (Lipinski definition) is 3. The fourth-order valence-corrected chi connectivity index (χ4v) is 1.46. The number of aromatic nitrogens is 2. The van der Waals surface area contributed by atoms with Gasteiger partial charge in [0.25, 0.3) is 0 Å². The van der Waals surface area contributed by atoms with E-state index in [-0.39, 0.29) is 0 Å². The summed E-state index contributed by atoms with van der Waals surface area (Å²) in [5.41, 5.74) is 0. The molecule has 0 amide bonds. The van der Waals surface area contributed by atoms with Crippen molar-refractivity contribution in [3.05, 3.63) is 36.4 Å². The molecule has 0 aliphatic rings. The molecular weight excluding hydrogens is 190 g/mol. The van der Waals surface area contributed by atoms with Crippen LogP contribution < -0.4 is 5.32 Å². The molecule has 2 rings (SSSR count). The van der Waals surface area contributed by atoms with Gasteiger partial charge >= 0.3 is 0 Å². The molecular formula is C11H15N3O. The van der Waals surface area contributed by atoms with Crippen LogP contribution in [-0.2, 0) is 13.1 Å². The van der Waals surface area contributed by atoms with Gasteiger partial charge in [0, 0.05) is 12.6 Å². The Morgan fingerprint density at radius 3 is 3.13 bits per heavy atom. The van der Waals surface area contributed by atoms with Crippen LogP contribution in [0.4, 0.5) is 5.82 Å². The van der Waals surface area contributed by atoms with Gasteiger partial charge in [0.1, 0.15) is 11.6 Å². The SMILES string of the molecule is CCCn1nccc1NCc1ccco1. The molecule has 0 bridgehead atoms. The van der Waals surface area contributed by atoms with Crippen molar-refractivity contribution >= 4 is 5.82 Å². The summed E-state index contributed by atoms with van der Waals surface area (Å²) in [5, 5.41) is 7.52. The van der Waals surface area contributed by atoms with Crippen molar-refractivity contribution in [2.75, 3.05) is 5.32 Å². The smallest absolute Gasteiger partial charge is 0.124 e. The summed E-state index contributed by atoms with van der Waals surface area (Å²) in [7, 11) is 0. The maximum Gasteiger partial charge on any atom is 0.124 e. The monoisotopic (exact) mass is 205 g/mol. The first-order valence-electron chi connectivity index (χ1n) is 5.18. The molecule has 4 heteroatoms. The summed E-state index contributed by atoms with van der Waals surface area (Å²) in [5.74, 6) is 1.97. The Hall–Kier alpha value is -1.71. The Morgan fingerprint density at radius 1 is 1.47 bits per heavy atom. The third kappa shape index (κ3) is 2.40. The lowest BCUT2D eigenvalue weighted by Gasteiger charge is -2.07. The average molecular weight is 205 g/mol. The normalized spacial score (nSPS) is 10.5. The largest absolute Gasteiger partial charge is 0.467 e. The van der Waals surface area contributed by atoms with Crippen LogP contribution in [0, 0.1) is 0 Å². The summed E-state index contributed by atoms with van der Waals surface area (Å²) in [6, 6.07) is 5.81. The van der Waals surface area contributed by atoms with Gasteiger partial charge in [0.05, 0.1) is 19.0 Å². The van der Waals surface area contributed by atoms with Crippen LogP contribution in [0.5, 0.6) is 0 Å². The lowest BCUT2D eigenvalue weighted by molar-refractivity contribution is 0.516. The van der Waals surface area contributed by atoms with Crippen molar-refractivity contribution in [2.24, 2.45) is 0 Å². The van der Waals surface area contributed by atoms with Crippen molar-refractivity contribution in [1.29, 1.82) is 0 Å². The first-order valence-corrected chi connectivity index (χ1v) is 5.18. The number of nitrogens with zero attached hydrogens (tertiary/aromatic N) is 2. The van der Waals surface area contributed by atoms with Crippen molar-refractivity contribution in [3.63, 3.8) is 0 Å². The number of hydrogen-bond donors (Lipinski definition) is 1. The third-order valence-corrected chi connectivity index (χ3v) is 2.18. The Labute approximate surface area is 88.9 Å². The maximum atomic E-state index is 5.24. The molecule has 2 heterocycles. The summed E-state index contributed by atoms with van der Waals surface area (Å²) < 4.78 is 7.20. The summed E-state index contributed by atoms with van der Waals surface area (Å²) >= 11 is 0. The first kappa shape index (κ1) is 9.83. The number of furan rings is 1. The van der Waals surface area contributed by atoms with Gasteiger partial charge in [-0.3, -0.25) is 0 Å². The minimum Gasteiger partial charge on any atom is -0.467 e. The van der Waals surface area contributed by atoms with Crippen molar-refractivity contribution in [1.82, 2.24) is 9.78 Å². The van der Waals surface area contributed by atoms with E-state index in [9.17, 15) is 0 Å². The van der Waals surface area contributed by atoms with E-state index in [0.29, 0.717) is 6.54 Å². The molecule has 4 nitrogen and oxygen atoms in total. The summed E-state index contributed by atoms with van der Waals surface area (Å²) in [6.07, 6.45) is 4.57. The van der Waals surface area contributed by atoms with E-state index in [0.717, 1.165) is 24.5 Å². The fourth-order valence-electron chi connectivity index (χ4n) is 1.46. The second kappa shape index (κ2) is 4.68. The highest BCUT2D eigenvalue weighted by atomic mass is 16.3. The van der Waals surface area contributed by atoms with Crippen molar-refractivity contribution in [2.45, 2.75) is 26.4 Å². The lowest BCUT2D eigenvalue weighted by Crippen LogP contribution is -2.07. The average Bonchev–Trinajstić information content (AvgIpc) is 2.85. The molecule has 2 aromatic rings. The van der Waals surface area contributed by atoms with Gasteiger partial charge in [-0.25, -0.2) is 4.68 Å². The quantitative estimate of drug-likeness (QED) is 0.815. The molecule has 0 fully saturated rings. The predicted molar refractivity (Wildman–Crippen MR) is 58.6 cm³/mol. The fraction of sp³-hybridized carbons (Fsp3) is 0.364. The molecule has 0 atom stereocenters. The van der Waals surface area contributed by atoms with Gasteiger partial charge in [0.2, 0.25) is 0 Å². The second-order valence-electron chi connectivity index (χ2n) is 3.37. The van der Waals surface area contributed by atoms with E-state index in [1.807, 2.05) is 22.9 Å². The van der Waals surface area contributed by atoms with E-state index < -0.39 is 0 Å². The van der Waals surface area contributed by atoms with Crippen LogP contribution in [0.3, 0.4) is 0 Å². The third-order valence-electron chi connectivity index (χ3n) is 2.18. The van der Waals surface area contributed by atoms with Gasteiger partial charge < -0.3 is 9.73 Å². The standard InChI is InChI=1S/C11H15N3O/c1-2-7-14-11(5-6-13-14)12-9-10-4-3-8-15-10/h3-6,8,12H,2,7,9H2,1H3. The highest BCUT2D eigenvalue weighted by Crippen LogP contribution is 2.09. The van der Waals surface area contributed by atoms with Crippen LogP contribution in [0.2, 0.25) is 0 Å². The minimum absolute atomic E-state index is 0.697. The zero-order chi connectivity index (χ0) is 10.5. The molecule has 0 aromatic carbocycles. The molecule has 0 unspecified atom stereocenters. The minimum atomic E-state index is 0.697. The second-order valence-corrected chi connectivity index (χ2v) is 3.37. The first-order chi connectivity index (χ1) is 7.40. The highest BCUT2D eigenvalue weighted by Gasteiger charge is 2.01. The topological polar surface area (TPSA) is 43.0 Å². The molecule has 2 aromatic heterocycles. The van der Waals surface area contributed by atoms with Crippen LogP contribution in [0.25, 0.3) is 0 Å². The Bertz CT molecular complexity index is 392. The van der Waals surface area contributed by atoms with Gasteiger partial charge in [-0.15, -0.1) is 0 Å². The summed E-state index contributed by atoms with van der Waals surface area (Å²) in [4.78, 5) is 0. The Morgan fingerprint density at radius 2 is 2.40 bits per heavy atom. The van der Waals surface area contributed by atoms with Gasteiger partial charge in [-0.2, -0.15) is 5.10 Å². The lowest BCUT2D eigenvalue weighted by atomic mass is 10.4. The zero-order valence-electron chi connectivity index (χ0n) is 8.81. The molecule has 0 radical (unpaired) electrons. The molecule has 1 N–H and O–H groups in total. The van der Waals surface area contributed by atoms with Crippen LogP contribution in [0.15, 0.2) is 35.1 Å². The highest BCUT2D eigenvalue weighted by molar-refractivity contribution is 5.34. The van der Waals surface area contributed by atoms with Crippen molar-refractivity contribution < 1.29 is 4.42 Å². The maximum absolute atomic E-state index is 5.24. The molecule has 0 spiro atoms. The molecule has 0 saturated carbocycles. The molecule has 80 valence electrons. The van der Waals surface area contributed by atoms with E-state index in [2.05, 4.69) is 17.3 Å². The van der Waals surface area contributed by atoms with Gasteiger partial charge in [0.15, 0.2) is 0 Å². The molecule has 0 aliphatic carbocycles. The van der Waals surface area contributed by atoms with Crippen molar-refractivity contribution in [3.8, 4) is 0 Å². The van der Waals surface area contributed by atoms with Crippen LogP contribution in [-0.4, -0.2) is 9.78 Å². The number of anilines is 1. The molecule has 0 saturated heterocycles. The van der Waals surface area contributed by atoms with E-state index in [4.69, 9.17) is 4.42 Å². The number of nitrogens with one attached hydrogen (secondary N) is 1. The van der Waals surface area contributed by atoms with E-state index in [1.54, 1.807) is 12.5 Å². The van der Waals surface area contributed by atoms with E-state index >= 15 is 0 Å². The summed E-state index contributed by atoms with van der Waals surface area (Å²) in [6.45, 7) is 3.77. The predicted octanol–water partition coefficient (Wildman–Crippen LogP) is 2.50. The Balaban J connectivity index is 1.95.